The molecule has 4 heterocycles. The zero-order valence-corrected chi connectivity index (χ0v) is 12.5. The number of carboxylic acid groups (broad SMARTS) is 1. The number of pyridine rings is 1. The number of fused-ring (bicyclic) bond motifs is 6. The molecule has 0 spiro atoms. The number of hydrogen-bond donors (Lipinski definition) is 1. The van der Waals surface area contributed by atoms with E-state index in [4.69, 9.17) is 4.74 Å². The van der Waals surface area contributed by atoms with E-state index < -0.39 is 23.2 Å². The summed E-state index contributed by atoms with van der Waals surface area (Å²) >= 11 is 0. The monoisotopic (exact) mass is 352 g/mol. The second-order valence-electron chi connectivity index (χ2n) is 6.63. The van der Waals surface area contributed by atoms with Crippen molar-refractivity contribution >= 4 is 17.1 Å². The Morgan fingerprint density at radius 2 is 2.08 bits per heavy atom. The summed E-state index contributed by atoms with van der Waals surface area (Å²) in [5.41, 5.74) is -2.47. The van der Waals surface area contributed by atoms with Gasteiger partial charge in [0, 0.05) is 18.0 Å². The summed E-state index contributed by atoms with van der Waals surface area (Å²) in [5, 5.41) is 17.9. The van der Waals surface area contributed by atoms with E-state index >= 15 is 0 Å². The third-order valence-electron chi connectivity index (χ3n) is 5.43. The van der Waals surface area contributed by atoms with E-state index in [2.05, 4.69) is 15.2 Å². The maximum atomic E-state index is 12.8. The molecule has 1 saturated heterocycles. The van der Waals surface area contributed by atoms with Gasteiger partial charge in [-0.25, -0.2) is 9.78 Å². The van der Waals surface area contributed by atoms with Gasteiger partial charge in [-0.2, -0.15) is 23.1 Å². The van der Waals surface area contributed by atoms with E-state index in [0.717, 1.165) is 10.9 Å². The van der Waals surface area contributed by atoms with Crippen LogP contribution in [-0.2, 0) is 21.2 Å². The highest BCUT2D eigenvalue weighted by atomic mass is 19.4. The number of carbonyl (C=O) groups is 1. The quantitative estimate of drug-likeness (QED) is 0.826. The lowest BCUT2D eigenvalue weighted by molar-refractivity contribution is -0.166. The average Bonchev–Trinajstić information content (AvgIpc) is 3.17. The van der Waals surface area contributed by atoms with Gasteiger partial charge in [-0.15, -0.1) is 5.10 Å². The summed E-state index contributed by atoms with van der Waals surface area (Å²) in [5.74, 6) is -1.41. The predicted octanol–water partition coefficient (Wildman–Crippen LogP) is 1.60. The first-order valence-corrected chi connectivity index (χ1v) is 7.69. The molecule has 1 aliphatic carbocycles. The number of nitrogens with zero attached hydrogens (tertiary/aromatic N) is 4. The Balaban J connectivity index is 1.62. The molecular weight excluding hydrogens is 341 g/mol. The molecule has 130 valence electrons. The van der Waals surface area contributed by atoms with Crippen molar-refractivity contribution in [1.29, 1.82) is 0 Å². The Morgan fingerprint density at radius 1 is 1.32 bits per heavy atom. The number of alkyl halides is 3. The SMILES string of the molecule is O=C(O)C1(n2nc3cc(C(F)(F)F)cnc3n2)C[C@@H]2[C@H]1[C@H]1C=C[C@@H]2O1. The summed E-state index contributed by atoms with van der Waals surface area (Å²) < 4.78 is 44.2. The fourth-order valence-electron chi connectivity index (χ4n) is 4.27. The van der Waals surface area contributed by atoms with Crippen molar-refractivity contribution in [3.63, 3.8) is 0 Å². The highest BCUT2D eigenvalue weighted by Gasteiger charge is 2.70. The fourth-order valence-corrected chi connectivity index (χ4v) is 4.27. The number of aromatic nitrogens is 4. The lowest BCUT2D eigenvalue weighted by atomic mass is 9.55. The first-order chi connectivity index (χ1) is 11.8. The molecule has 0 amide bonds. The van der Waals surface area contributed by atoms with Crippen LogP contribution in [0.1, 0.15) is 12.0 Å². The molecule has 0 aromatic carbocycles. The van der Waals surface area contributed by atoms with E-state index in [9.17, 15) is 23.1 Å². The molecule has 0 radical (unpaired) electrons. The van der Waals surface area contributed by atoms with Crippen LogP contribution in [0.5, 0.6) is 0 Å². The topological polar surface area (TPSA) is 90.1 Å². The molecule has 5 rings (SSSR count). The molecule has 2 bridgehead atoms. The van der Waals surface area contributed by atoms with E-state index in [1.54, 1.807) is 0 Å². The van der Waals surface area contributed by atoms with Crippen molar-refractivity contribution in [3.8, 4) is 0 Å². The fraction of sp³-hybridized carbons (Fsp3) is 0.467. The van der Waals surface area contributed by atoms with Crippen LogP contribution >= 0.6 is 0 Å². The van der Waals surface area contributed by atoms with Crippen LogP contribution in [0.3, 0.4) is 0 Å². The van der Waals surface area contributed by atoms with Crippen molar-refractivity contribution in [1.82, 2.24) is 20.0 Å². The van der Waals surface area contributed by atoms with Crippen molar-refractivity contribution in [2.24, 2.45) is 11.8 Å². The van der Waals surface area contributed by atoms with Crippen LogP contribution in [-0.4, -0.2) is 43.3 Å². The maximum Gasteiger partial charge on any atom is 0.417 e. The molecule has 25 heavy (non-hydrogen) atoms. The minimum absolute atomic E-state index is 0.0170. The second-order valence-corrected chi connectivity index (χ2v) is 6.63. The van der Waals surface area contributed by atoms with Gasteiger partial charge < -0.3 is 9.84 Å². The Bertz CT molecular complexity index is 940. The Labute approximate surface area is 138 Å². The Morgan fingerprint density at radius 3 is 2.76 bits per heavy atom. The van der Waals surface area contributed by atoms with Crippen LogP contribution in [0.4, 0.5) is 13.2 Å². The Kier molecular flexibility index (Phi) is 2.59. The molecule has 1 saturated carbocycles. The van der Waals surface area contributed by atoms with Gasteiger partial charge >= 0.3 is 12.1 Å². The number of hydrogen-bond acceptors (Lipinski definition) is 5. The Hall–Kier alpha value is -2.49. The third kappa shape index (κ3) is 1.74. The van der Waals surface area contributed by atoms with Crippen molar-refractivity contribution in [2.75, 3.05) is 0 Å². The van der Waals surface area contributed by atoms with Gasteiger partial charge in [-0.1, -0.05) is 12.2 Å². The van der Waals surface area contributed by atoms with Gasteiger partial charge in [-0.05, 0) is 12.5 Å². The highest BCUT2D eigenvalue weighted by molar-refractivity contribution is 5.80. The molecule has 3 aliphatic rings. The minimum Gasteiger partial charge on any atom is -0.479 e. The molecular formula is C15H11F3N4O3. The van der Waals surface area contributed by atoms with Gasteiger partial charge in [0.15, 0.2) is 5.54 Å². The molecule has 1 N–H and O–H groups in total. The number of carboxylic acids is 1. The first-order valence-electron chi connectivity index (χ1n) is 7.69. The summed E-state index contributed by atoms with van der Waals surface area (Å²) in [7, 11) is 0. The van der Waals surface area contributed by atoms with Crippen LogP contribution in [0.15, 0.2) is 24.4 Å². The van der Waals surface area contributed by atoms with E-state index in [1.807, 2.05) is 12.2 Å². The minimum atomic E-state index is -4.56. The molecule has 5 atom stereocenters. The molecule has 2 fully saturated rings. The standard InChI is InChI=1S/C15H11F3N4O3/c16-15(17,18)6-3-8-12(19-5-6)21-22(20-8)14(13(23)24)4-7-9-1-2-10(25-9)11(7)14/h1-3,5,7,9-11H,4H2,(H,23,24)/t7-,9-,10+,11-,14?/m0/s1. The van der Waals surface area contributed by atoms with Gasteiger partial charge in [-0.3, -0.25) is 0 Å². The maximum absolute atomic E-state index is 12.8. The van der Waals surface area contributed by atoms with Gasteiger partial charge in [0.2, 0.25) is 5.65 Å². The number of halogens is 3. The lowest BCUT2D eigenvalue weighted by Crippen LogP contribution is -2.63. The average molecular weight is 352 g/mol. The zero-order chi connectivity index (χ0) is 17.6. The van der Waals surface area contributed by atoms with Crippen LogP contribution in [0.2, 0.25) is 0 Å². The first kappa shape index (κ1) is 14.8. The number of rotatable bonds is 2. The molecule has 1 unspecified atom stereocenters. The van der Waals surface area contributed by atoms with E-state index in [1.165, 1.54) is 0 Å². The number of aliphatic carboxylic acids is 1. The predicted molar refractivity (Wildman–Crippen MR) is 75.3 cm³/mol. The third-order valence-corrected chi connectivity index (χ3v) is 5.43. The highest BCUT2D eigenvalue weighted by Crippen LogP contribution is 2.60. The summed E-state index contributed by atoms with van der Waals surface area (Å²) in [6.07, 6.45) is -0.323. The van der Waals surface area contributed by atoms with Crippen LogP contribution < -0.4 is 0 Å². The second kappa shape index (κ2) is 4.37. The molecule has 2 aromatic rings. The summed E-state index contributed by atoms with van der Waals surface area (Å²) in [4.78, 5) is 16.7. The van der Waals surface area contributed by atoms with Crippen LogP contribution in [0, 0.1) is 11.8 Å². The molecule has 2 aromatic heterocycles. The van der Waals surface area contributed by atoms with E-state index in [0.29, 0.717) is 6.20 Å². The lowest BCUT2D eigenvalue weighted by Gasteiger charge is -2.49. The zero-order valence-electron chi connectivity index (χ0n) is 12.5. The van der Waals surface area contributed by atoms with Gasteiger partial charge in [0.25, 0.3) is 0 Å². The molecule has 7 nitrogen and oxygen atoms in total. The summed E-state index contributed by atoms with van der Waals surface area (Å²) in [6.45, 7) is 0. The van der Waals surface area contributed by atoms with Gasteiger partial charge in [0.1, 0.15) is 5.52 Å². The smallest absolute Gasteiger partial charge is 0.417 e. The normalized spacial score (nSPS) is 35.8. The molecule has 2 aliphatic heterocycles. The van der Waals surface area contributed by atoms with Crippen LogP contribution in [0.25, 0.3) is 11.2 Å². The van der Waals surface area contributed by atoms with Crippen molar-refractivity contribution < 1.29 is 27.8 Å². The number of ether oxygens (including phenoxy) is 1. The van der Waals surface area contributed by atoms with Crippen molar-refractivity contribution in [3.05, 3.63) is 30.0 Å². The largest absolute Gasteiger partial charge is 0.479 e. The van der Waals surface area contributed by atoms with Crippen molar-refractivity contribution in [2.45, 2.75) is 30.3 Å². The van der Waals surface area contributed by atoms with Gasteiger partial charge in [0.05, 0.1) is 17.8 Å². The van der Waals surface area contributed by atoms with E-state index in [-0.39, 0.29) is 41.6 Å². The summed E-state index contributed by atoms with van der Waals surface area (Å²) in [6, 6.07) is 0.828. The molecule has 10 heteroatoms.